The Labute approximate surface area is 179 Å². The summed E-state index contributed by atoms with van der Waals surface area (Å²) in [6, 6.07) is 13.8. The monoisotopic (exact) mass is 429 g/mol. The van der Waals surface area contributed by atoms with E-state index in [1.807, 2.05) is 30.3 Å². The first-order valence-corrected chi connectivity index (χ1v) is 10.9. The van der Waals surface area contributed by atoms with Gasteiger partial charge in [-0.05, 0) is 30.6 Å². The lowest BCUT2D eigenvalue weighted by molar-refractivity contribution is 0.118. The number of para-hydroxylation sites is 1. The van der Waals surface area contributed by atoms with Gasteiger partial charge < -0.3 is 10.2 Å². The molecular weight excluding hydrogens is 406 g/mol. The predicted molar refractivity (Wildman–Crippen MR) is 119 cm³/mol. The van der Waals surface area contributed by atoms with Gasteiger partial charge in [0.1, 0.15) is 5.02 Å². The fourth-order valence-corrected chi connectivity index (χ4v) is 4.60. The van der Waals surface area contributed by atoms with Crippen molar-refractivity contribution in [1.82, 2.24) is 19.6 Å². The third-order valence-electron chi connectivity index (χ3n) is 5.26. The lowest BCUT2D eigenvalue weighted by Gasteiger charge is -2.37. The van der Waals surface area contributed by atoms with E-state index in [-0.39, 0.29) is 16.6 Å². The standard InChI is InChI=1S/C21H24ClN5OS/c1-25-9-11-26(12-10-25)18(19-8-5-13-29-19)15-23-17-14-24-27(21(28)20(17)22)16-6-3-2-4-7-16/h2-8,13-14,18,23H,9-12,15H2,1H3/t18-/m1/s1. The minimum absolute atomic E-state index is 0.159. The number of halogens is 1. The third-order valence-corrected chi connectivity index (χ3v) is 6.59. The zero-order valence-electron chi connectivity index (χ0n) is 16.3. The number of piperazine rings is 1. The quantitative estimate of drug-likeness (QED) is 0.651. The van der Waals surface area contributed by atoms with Crippen molar-refractivity contribution < 1.29 is 0 Å². The SMILES string of the molecule is CN1CCN([C@H](CNc2cnn(-c3ccccc3)c(=O)c2Cl)c2cccs2)CC1. The number of aromatic nitrogens is 2. The molecule has 1 atom stereocenters. The summed E-state index contributed by atoms with van der Waals surface area (Å²) in [6.07, 6.45) is 1.63. The number of thiophene rings is 1. The van der Waals surface area contributed by atoms with Gasteiger partial charge in [-0.2, -0.15) is 9.78 Å². The molecule has 0 aliphatic carbocycles. The second-order valence-corrected chi connectivity index (χ2v) is 8.53. The Bertz CT molecular complexity index is 984. The van der Waals surface area contributed by atoms with Crippen molar-refractivity contribution >= 4 is 28.6 Å². The second-order valence-electron chi connectivity index (χ2n) is 7.18. The maximum Gasteiger partial charge on any atom is 0.292 e. The van der Waals surface area contributed by atoms with Crippen LogP contribution >= 0.6 is 22.9 Å². The molecule has 4 rings (SSSR count). The second kappa shape index (κ2) is 9.09. The van der Waals surface area contributed by atoms with Crippen LogP contribution in [0.2, 0.25) is 5.02 Å². The Morgan fingerprint density at radius 1 is 1.14 bits per heavy atom. The molecule has 0 spiro atoms. The van der Waals surface area contributed by atoms with Crippen LogP contribution in [0.3, 0.4) is 0 Å². The zero-order chi connectivity index (χ0) is 20.2. The molecule has 6 nitrogen and oxygen atoms in total. The van der Waals surface area contributed by atoms with Gasteiger partial charge in [-0.15, -0.1) is 11.3 Å². The van der Waals surface area contributed by atoms with Crippen molar-refractivity contribution in [3.63, 3.8) is 0 Å². The van der Waals surface area contributed by atoms with Gasteiger partial charge in [0.15, 0.2) is 0 Å². The van der Waals surface area contributed by atoms with Crippen LogP contribution in [0.1, 0.15) is 10.9 Å². The van der Waals surface area contributed by atoms with E-state index >= 15 is 0 Å². The Morgan fingerprint density at radius 3 is 2.59 bits per heavy atom. The first-order chi connectivity index (χ1) is 14.1. The van der Waals surface area contributed by atoms with Crippen molar-refractivity contribution in [3.8, 4) is 5.69 Å². The molecule has 8 heteroatoms. The molecule has 0 saturated carbocycles. The highest BCUT2D eigenvalue weighted by Gasteiger charge is 2.25. The molecule has 29 heavy (non-hydrogen) atoms. The van der Waals surface area contributed by atoms with E-state index in [2.05, 4.69) is 44.8 Å². The highest BCUT2D eigenvalue weighted by molar-refractivity contribution is 7.10. The number of likely N-dealkylation sites (N-methyl/N-ethyl adjacent to an activating group) is 1. The fraction of sp³-hybridized carbons (Fsp3) is 0.333. The molecule has 0 amide bonds. The van der Waals surface area contributed by atoms with Gasteiger partial charge in [0, 0.05) is 37.6 Å². The van der Waals surface area contributed by atoms with Gasteiger partial charge in [0.05, 0.1) is 23.6 Å². The average molecular weight is 430 g/mol. The lowest BCUT2D eigenvalue weighted by Crippen LogP contribution is -2.47. The van der Waals surface area contributed by atoms with E-state index in [1.54, 1.807) is 17.5 Å². The summed E-state index contributed by atoms with van der Waals surface area (Å²) >= 11 is 8.17. The van der Waals surface area contributed by atoms with E-state index in [1.165, 1.54) is 9.56 Å². The van der Waals surface area contributed by atoms with Crippen molar-refractivity contribution in [1.29, 1.82) is 0 Å². The number of hydrogen-bond donors (Lipinski definition) is 1. The smallest absolute Gasteiger partial charge is 0.292 e. The molecule has 1 aromatic carbocycles. The van der Waals surface area contributed by atoms with Crippen LogP contribution in [0.5, 0.6) is 0 Å². The Kier molecular flexibility index (Phi) is 6.30. The molecule has 0 bridgehead atoms. The van der Waals surface area contributed by atoms with Crippen LogP contribution in [0.15, 0.2) is 58.8 Å². The van der Waals surface area contributed by atoms with Gasteiger partial charge >= 0.3 is 0 Å². The summed E-state index contributed by atoms with van der Waals surface area (Å²) in [6.45, 7) is 4.81. The van der Waals surface area contributed by atoms with Gasteiger partial charge in [-0.25, -0.2) is 0 Å². The highest BCUT2D eigenvalue weighted by Crippen LogP contribution is 2.27. The maximum atomic E-state index is 12.7. The fourth-order valence-electron chi connectivity index (χ4n) is 3.54. The topological polar surface area (TPSA) is 53.4 Å². The van der Waals surface area contributed by atoms with Crippen LogP contribution in [0.25, 0.3) is 5.69 Å². The van der Waals surface area contributed by atoms with Crippen LogP contribution in [-0.4, -0.2) is 59.4 Å². The molecule has 3 aromatic rings. The number of hydrogen-bond acceptors (Lipinski definition) is 6. The lowest BCUT2D eigenvalue weighted by atomic mass is 10.1. The predicted octanol–water partition coefficient (Wildman–Crippen LogP) is 3.35. The third kappa shape index (κ3) is 4.53. The Hall–Kier alpha value is -2.19. The van der Waals surface area contributed by atoms with E-state index in [9.17, 15) is 4.79 Å². The highest BCUT2D eigenvalue weighted by atomic mass is 35.5. The van der Waals surface area contributed by atoms with Crippen LogP contribution in [-0.2, 0) is 0 Å². The molecule has 152 valence electrons. The van der Waals surface area contributed by atoms with Crippen molar-refractivity contribution in [2.75, 3.05) is 45.1 Å². The van der Waals surface area contributed by atoms with E-state index in [0.29, 0.717) is 17.9 Å². The molecule has 0 radical (unpaired) electrons. The van der Waals surface area contributed by atoms with Crippen LogP contribution < -0.4 is 10.9 Å². The van der Waals surface area contributed by atoms with E-state index < -0.39 is 0 Å². The largest absolute Gasteiger partial charge is 0.380 e. The van der Waals surface area contributed by atoms with Crippen molar-refractivity contribution in [2.45, 2.75) is 6.04 Å². The molecule has 1 aliphatic rings. The number of anilines is 1. The number of nitrogens with zero attached hydrogens (tertiary/aromatic N) is 4. The minimum Gasteiger partial charge on any atom is -0.380 e. The van der Waals surface area contributed by atoms with Crippen molar-refractivity contribution in [3.05, 3.63) is 74.3 Å². The molecule has 2 aromatic heterocycles. The maximum absolute atomic E-state index is 12.7. The van der Waals surface area contributed by atoms with Gasteiger partial charge in [-0.1, -0.05) is 35.9 Å². The van der Waals surface area contributed by atoms with Crippen LogP contribution in [0, 0.1) is 0 Å². The molecule has 1 fully saturated rings. The summed E-state index contributed by atoms with van der Waals surface area (Å²) < 4.78 is 1.32. The minimum atomic E-state index is -0.324. The average Bonchev–Trinajstić information content (AvgIpc) is 3.28. The summed E-state index contributed by atoms with van der Waals surface area (Å²) in [4.78, 5) is 18.9. The molecule has 1 saturated heterocycles. The molecule has 3 heterocycles. The Balaban J connectivity index is 1.53. The summed E-state index contributed by atoms with van der Waals surface area (Å²) in [5, 5.41) is 9.95. The molecular formula is C21H24ClN5OS. The summed E-state index contributed by atoms with van der Waals surface area (Å²) in [5.74, 6) is 0. The molecule has 0 unspecified atom stereocenters. The van der Waals surface area contributed by atoms with Crippen molar-refractivity contribution in [2.24, 2.45) is 0 Å². The number of benzene rings is 1. The molecule has 1 N–H and O–H groups in total. The van der Waals surface area contributed by atoms with Gasteiger partial charge in [0.25, 0.3) is 5.56 Å². The summed E-state index contributed by atoms with van der Waals surface area (Å²) in [5.41, 5.74) is 0.939. The first-order valence-electron chi connectivity index (χ1n) is 9.66. The van der Waals surface area contributed by atoms with E-state index in [0.717, 1.165) is 26.2 Å². The van der Waals surface area contributed by atoms with Crippen LogP contribution in [0.4, 0.5) is 5.69 Å². The van der Waals surface area contributed by atoms with Gasteiger partial charge in [-0.3, -0.25) is 9.69 Å². The summed E-state index contributed by atoms with van der Waals surface area (Å²) in [7, 11) is 2.16. The zero-order valence-corrected chi connectivity index (χ0v) is 17.9. The first kappa shape index (κ1) is 20.1. The normalized spacial score (nSPS) is 16.6. The number of nitrogens with one attached hydrogen (secondary N) is 1. The molecule has 1 aliphatic heterocycles. The van der Waals surface area contributed by atoms with E-state index in [4.69, 9.17) is 11.6 Å². The number of rotatable bonds is 6. The Morgan fingerprint density at radius 2 is 1.90 bits per heavy atom. The van der Waals surface area contributed by atoms with Gasteiger partial charge in [0.2, 0.25) is 0 Å².